The summed E-state index contributed by atoms with van der Waals surface area (Å²) in [6.07, 6.45) is 2.88. The Hall–Kier alpha value is -3.00. The number of nitrogens with one attached hydrogen (secondary N) is 2. The van der Waals surface area contributed by atoms with Crippen molar-refractivity contribution in [3.05, 3.63) is 42.5 Å². The Morgan fingerprint density at radius 2 is 2.07 bits per heavy atom. The highest BCUT2D eigenvalue weighted by atomic mass is 19.1. The van der Waals surface area contributed by atoms with Gasteiger partial charge in [0.05, 0.1) is 12.7 Å². The maximum atomic E-state index is 14.5. The second-order valence-corrected chi connectivity index (χ2v) is 7.98. The summed E-state index contributed by atoms with van der Waals surface area (Å²) in [6, 6.07) is 7.31. The van der Waals surface area contributed by atoms with Gasteiger partial charge in [0.15, 0.2) is 11.7 Å². The number of hydrogen-bond acceptors (Lipinski definition) is 5. The summed E-state index contributed by atoms with van der Waals surface area (Å²) in [4.78, 5) is 22.6. The van der Waals surface area contributed by atoms with Gasteiger partial charge in [-0.3, -0.25) is 5.32 Å². The van der Waals surface area contributed by atoms with Gasteiger partial charge in [-0.05, 0) is 23.9 Å². The monoisotopic (exact) mass is 411 g/mol. The number of hydrogen-bond donors (Lipinski definition) is 2. The molecule has 1 saturated heterocycles. The zero-order chi connectivity index (χ0) is 21.3. The van der Waals surface area contributed by atoms with Crippen LogP contribution in [0.5, 0.6) is 0 Å². The molecule has 1 aromatic carbocycles. The first-order chi connectivity index (χ1) is 14.4. The first-order valence-corrected chi connectivity index (χ1v) is 10.2. The van der Waals surface area contributed by atoms with Crippen LogP contribution in [0, 0.1) is 6.92 Å². The van der Waals surface area contributed by atoms with Crippen LogP contribution in [0.2, 0.25) is 0 Å². The Kier molecular flexibility index (Phi) is 5.67. The number of amides is 2. The lowest BCUT2D eigenvalue weighted by Crippen LogP contribution is -2.54. The largest absolute Gasteiger partial charge is 0.441 e. The molecule has 3 aromatic rings. The number of halogens is 1. The molecule has 4 rings (SSSR count). The minimum atomic E-state index is -1.09. The van der Waals surface area contributed by atoms with Crippen LogP contribution in [0.4, 0.5) is 15.0 Å². The SMILES string of the molecule is Cc1ncc(-c2ccc3cnc(NC(=O)N4CC[C@H](NC(C)C)[C@@H](F)C4)cc3c2)o1. The molecule has 2 N–H and O–H groups in total. The van der Waals surface area contributed by atoms with E-state index in [0.29, 0.717) is 30.4 Å². The van der Waals surface area contributed by atoms with Crippen LogP contribution in [-0.2, 0) is 0 Å². The lowest BCUT2D eigenvalue weighted by molar-refractivity contribution is 0.119. The molecule has 158 valence electrons. The van der Waals surface area contributed by atoms with E-state index in [2.05, 4.69) is 20.6 Å². The maximum Gasteiger partial charge on any atom is 0.323 e. The molecule has 0 bridgehead atoms. The number of piperidine rings is 1. The van der Waals surface area contributed by atoms with Crippen LogP contribution in [0.25, 0.3) is 22.1 Å². The van der Waals surface area contributed by atoms with E-state index < -0.39 is 6.17 Å². The van der Waals surface area contributed by atoms with E-state index in [4.69, 9.17) is 4.42 Å². The van der Waals surface area contributed by atoms with Crippen molar-refractivity contribution in [1.29, 1.82) is 0 Å². The molecule has 0 unspecified atom stereocenters. The van der Waals surface area contributed by atoms with Crippen LogP contribution in [0.15, 0.2) is 41.1 Å². The fourth-order valence-corrected chi connectivity index (χ4v) is 3.75. The summed E-state index contributed by atoms with van der Waals surface area (Å²) >= 11 is 0. The minimum absolute atomic E-state index is 0.0682. The summed E-state index contributed by atoms with van der Waals surface area (Å²) < 4.78 is 20.1. The van der Waals surface area contributed by atoms with Gasteiger partial charge in [-0.1, -0.05) is 26.0 Å². The van der Waals surface area contributed by atoms with E-state index in [-0.39, 0.29) is 24.7 Å². The predicted molar refractivity (Wildman–Crippen MR) is 114 cm³/mol. The van der Waals surface area contributed by atoms with Crippen LogP contribution in [-0.4, -0.2) is 52.2 Å². The Morgan fingerprint density at radius 3 is 2.77 bits per heavy atom. The molecule has 8 heteroatoms. The normalized spacial score (nSPS) is 19.4. The molecule has 30 heavy (non-hydrogen) atoms. The molecule has 0 radical (unpaired) electrons. The van der Waals surface area contributed by atoms with Crippen molar-refractivity contribution in [2.24, 2.45) is 0 Å². The number of rotatable bonds is 4. The summed E-state index contributed by atoms with van der Waals surface area (Å²) in [7, 11) is 0. The molecular formula is C22H26FN5O2. The number of carbonyl (C=O) groups is 1. The van der Waals surface area contributed by atoms with Gasteiger partial charge in [-0.25, -0.2) is 19.2 Å². The van der Waals surface area contributed by atoms with Crippen molar-refractivity contribution >= 4 is 22.6 Å². The number of alkyl halides is 1. The van der Waals surface area contributed by atoms with Crippen LogP contribution in [0.3, 0.4) is 0 Å². The van der Waals surface area contributed by atoms with Crippen LogP contribution >= 0.6 is 0 Å². The third kappa shape index (κ3) is 4.43. The van der Waals surface area contributed by atoms with Gasteiger partial charge in [0.2, 0.25) is 0 Å². The topological polar surface area (TPSA) is 83.3 Å². The highest BCUT2D eigenvalue weighted by molar-refractivity contribution is 5.93. The van der Waals surface area contributed by atoms with Crippen molar-refractivity contribution in [3.8, 4) is 11.3 Å². The maximum absolute atomic E-state index is 14.5. The number of anilines is 1. The van der Waals surface area contributed by atoms with Crippen molar-refractivity contribution in [2.75, 3.05) is 18.4 Å². The van der Waals surface area contributed by atoms with Crippen LogP contribution < -0.4 is 10.6 Å². The third-order valence-corrected chi connectivity index (χ3v) is 5.24. The zero-order valence-corrected chi connectivity index (χ0v) is 17.4. The van der Waals surface area contributed by atoms with E-state index in [1.54, 1.807) is 25.4 Å². The molecule has 1 aliphatic heterocycles. The van der Waals surface area contributed by atoms with E-state index in [1.165, 1.54) is 4.90 Å². The second-order valence-electron chi connectivity index (χ2n) is 7.98. The molecular weight excluding hydrogens is 385 g/mol. The number of carbonyl (C=O) groups excluding carboxylic acids is 1. The van der Waals surface area contributed by atoms with Crippen molar-refractivity contribution in [1.82, 2.24) is 20.2 Å². The number of benzene rings is 1. The number of aryl methyl sites for hydroxylation is 1. The summed E-state index contributed by atoms with van der Waals surface area (Å²) in [5.74, 6) is 1.71. The molecule has 3 heterocycles. The molecule has 7 nitrogen and oxygen atoms in total. The molecule has 2 aromatic heterocycles. The summed E-state index contributed by atoms with van der Waals surface area (Å²) in [5.41, 5.74) is 0.895. The number of urea groups is 1. The zero-order valence-electron chi connectivity index (χ0n) is 17.4. The molecule has 1 aliphatic rings. The first kappa shape index (κ1) is 20.3. The number of nitrogens with zero attached hydrogens (tertiary/aromatic N) is 3. The molecule has 0 aliphatic carbocycles. The second kappa shape index (κ2) is 8.39. The number of likely N-dealkylation sites (tertiary alicyclic amines) is 1. The van der Waals surface area contributed by atoms with Crippen molar-refractivity contribution < 1.29 is 13.6 Å². The molecule has 0 spiro atoms. The number of fused-ring (bicyclic) bond motifs is 1. The highest BCUT2D eigenvalue weighted by Gasteiger charge is 2.31. The summed E-state index contributed by atoms with van der Waals surface area (Å²) in [6.45, 7) is 6.35. The van der Waals surface area contributed by atoms with Crippen molar-refractivity contribution in [2.45, 2.75) is 45.4 Å². The van der Waals surface area contributed by atoms with Gasteiger partial charge >= 0.3 is 6.03 Å². The van der Waals surface area contributed by atoms with Crippen LogP contribution in [0.1, 0.15) is 26.2 Å². The fourth-order valence-electron chi connectivity index (χ4n) is 3.75. The van der Waals surface area contributed by atoms with Gasteiger partial charge in [0, 0.05) is 42.7 Å². The highest BCUT2D eigenvalue weighted by Crippen LogP contribution is 2.26. The summed E-state index contributed by atoms with van der Waals surface area (Å²) in [5, 5.41) is 7.87. The molecule has 0 saturated carbocycles. The Labute approximate surface area is 174 Å². The smallest absolute Gasteiger partial charge is 0.323 e. The Balaban J connectivity index is 1.46. The van der Waals surface area contributed by atoms with Gasteiger partial charge < -0.3 is 14.6 Å². The van der Waals surface area contributed by atoms with Gasteiger partial charge in [-0.2, -0.15) is 0 Å². The molecule has 2 atom stereocenters. The van der Waals surface area contributed by atoms with Gasteiger partial charge in [0.25, 0.3) is 0 Å². The van der Waals surface area contributed by atoms with E-state index in [0.717, 1.165) is 16.3 Å². The number of oxazole rings is 1. The molecule has 1 fully saturated rings. The fraction of sp³-hybridized carbons (Fsp3) is 0.409. The first-order valence-electron chi connectivity index (χ1n) is 10.2. The average Bonchev–Trinajstić information content (AvgIpc) is 3.15. The average molecular weight is 411 g/mol. The predicted octanol–water partition coefficient (Wildman–Crippen LogP) is 4.14. The molecule has 2 amide bonds. The lowest BCUT2D eigenvalue weighted by atomic mass is 10.0. The quantitative estimate of drug-likeness (QED) is 0.674. The Bertz CT molecular complexity index is 1050. The standard InChI is InChI=1S/C22H26FN5O2/c1-13(2)26-19-6-7-28(12-18(19)23)22(29)27-21-9-17-8-15(4-5-16(17)10-25-21)20-11-24-14(3)30-20/h4-5,8-11,13,18-19,26H,6-7,12H2,1-3H3,(H,25,27,29)/t18-,19-/m0/s1. The lowest BCUT2D eigenvalue weighted by Gasteiger charge is -2.35. The van der Waals surface area contributed by atoms with E-state index in [1.807, 2.05) is 32.0 Å². The van der Waals surface area contributed by atoms with Gasteiger partial charge in [0.1, 0.15) is 12.0 Å². The Morgan fingerprint density at radius 1 is 1.23 bits per heavy atom. The van der Waals surface area contributed by atoms with E-state index >= 15 is 0 Å². The third-order valence-electron chi connectivity index (χ3n) is 5.24. The van der Waals surface area contributed by atoms with Crippen molar-refractivity contribution in [3.63, 3.8) is 0 Å². The van der Waals surface area contributed by atoms with E-state index in [9.17, 15) is 9.18 Å². The van der Waals surface area contributed by atoms with Gasteiger partial charge in [-0.15, -0.1) is 0 Å². The number of pyridine rings is 1. The minimum Gasteiger partial charge on any atom is -0.441 e. The number of aromatic nitrogens is 2.